The molecule has 1 aromatic rings. The molecule has 0 aromatic heterocycles. The number of rotatable bonds is 7. The number of thioether (sulfide) groups is 1. The average Bonchev–Trinajstić information content (AvgIpc) is 2.34. The summed E-state index contributed by atoms with van der Waals surface area (Å²) in [6, 6.07) is 7.76. The van der Waals surface area contributed by atoms with Crippen molar-refractivity contribution in [3.63, 3.8) is 0 Å². The maximum atomic E-state index is 12.1. The van der Waals surface area contributed by atoms with E-state index < -0.39 is 0 Å². The van der Waals surface area contributed by atoms with Gasteiger partial charge in [-0.2, -0.15) is 0 Å². The van der Waals surface area contributed by atoms with E-state index in [0.29, 0.717) is 11.8 Å². The molecule has 3 nitrogen and oxygen atoms in total. The van der Waals surface area contributed by atoms with Crippen LogP contribution in [0.15, 0.2) is 29.2 Å². The van der Waals surface area contributed by atoms with E-state index in [9.17, 15) is 4.79 Å². The second-order valence-corrected chi connectivity index (χ2v) is 5.89. The summed E-state index contributed by atoms with van der Waals surface area (Å²) in [5, 5.41) is 6.59. The molecule has 0 fully saturated rings. The first kappa shape index (κ1) is 15.1. The van der Waals surface area contributed by atoms with Crippen molar-refractivity contribution in [3.8, 4) is 0 Å². The zero-order valence-corrected chi connectivity index (χ0v) is 12.1. The first-order valence-corrected chi connectivity index (χ1v) is 7.27. The second kappa shape index (κ2) is 8.16. The molecular formula is C14H22N2OS. The maximum Gasteiger partial charge on any atom is 0.252 e. The number of carbonyl (C=O) groups is 1. The van der Waals surface area contributed by atoms with Gasteiger partial charge in [-0.1, -0.05) is 32.9 Å². The van der Waals surface area contributed by atoms with Crippen molar-refractivity contribution in [1.82, 2.24) is 10.6 Å². The lowest BCUT2D eigenvalue weighted by atomic mass is 10.2. The third kappa shape index (κ3) is 5.10. The van der Waals surface area contributed by atoms with Crippen LogP contribution < -0.4 is 10.6 Å². The molecule has 0 radical (unpaired) electrons. The zero-order chi connectivity index (χ0) is 13.4. The van der Waals surface area contributed by atoms with Crippen LogP contribution in [0.4, 0.5) is 0 Å². The largest absolute Gasteiger partial charge is 0.351 e. The minimum absolute atomic E-state index is 0.0108. The Morgan fingerprint density at radius 1 is 1.28 bits per heavy atom. The molecule has 0 saturated heterocycles. The van der Waals surface area contributed by atoms with Gasteiger partial charge in [0.05, 0.1) is 5.56 Å². The fourth-order valence-corrected chi connectivity index (χ4v) is 2.50. The van der Waals surface area contributed by atoms with Crippen molar-refractivity contribution >= 4 is 17.7 Å². The van der Waals surface area contributed by atoms with Gasteiger partial charge in [-0.05, 0) is 18.7 Å². The minimum atomic E-state index is 0.0108. The van der Waals surface area contributed by atoms with Gasteiger partial charge in [0, 0.05) is 23.2 Å². The fourth-order valence-electron chi connectivity index (χ4n) is 1.55. The number of hydrogen-bond donors (Lipinski definition) is 2. The van der Waals surface area contributed by atoms with Crippen LogP contribution in [0.1, 0.15) is 31.1 Å². The summed E-state index contributed by atoms with van der Waals surface area (Å²) in [7, 11) is 0. The predicted molar refractivity (Wildman–Crippen MR) is 78.3 cm³/mol. The lowest BCUT2D eigenvalue weighted by Crippen LogP contribution is -2.32. The Kier molecular flexibility index (Phi) is 6.83. The lowest BCUT2D eigenvalue weighted by molar-refractivity contribution is 0.0951. The summed E-state index contributed by atoms with van der Waals surface area (Å²) in [5.41, 5.74) is 0.771. The minimum Gasteiger partial charge on any atom is -0.351 e. The third-order valence-corrected chi connectivity index (χ3v) is 3.41. The first-order valence-electron chi connectivity index (χ1n) is 6.39. The molecule has 0 unspecified atom stereocenters. The summed E-state index contributed by atoms with van der Waals surface area (Å²) in [6.07, 6.45) is 0. The van der Waals surface area contributed by atoms with E-state index in [1.165, 1.54) is 0 Å². The van der Waals surface area contributed by atoms with Crippen LogP contribution in [0, 0.1) is 0 Å². The second-order valence-electron chi connectivity index (χ2n) is 4.27. The molecule has 100 valence electrons. The van der Waals surface area contributed by atoms with Crippen LogP contribution in [-0.4, -0.2) is 30.8 Å². The number of hydrogen-bond acceptors (Lipinski definition) is 3. The molecule has 0 bridgehead atoms. The van der Waals surface area contributed by atoms with E-state index in [1.54, 1.807) is 11.8 Å². The van der Waals surface area contributed by atoms with Gasteiger partial charge in [0.1, 0.15) is 0 Å². The van der Waals surface area contributed by atoms with E-state index >= 15 is 0 Å². The third-order valence-electron chi connectivity index (χ3n) is 2.33. The van der Waals surface area contributed by atoms with E-state index in [4.69, 9.17) is 0 Å². The van der Waals surface area contributed by atoms with E-state index in [2.05, 4.69) is 31.4 Å². The Morgan fingerprint density at radius 2 is 2.00 bits per heavy atom. The van der Waals surface area contributed by atoms with Crippen molar-refractivity contribution in [2.75, 3.05) is 19.6 Å². The lowest BCUT2D eigenvalue weighted by Gasteiger charge is -2.11. The normalized spacial score (nSPS) is 10.7. The number of benzene rings is 1. The van der Waals surface area contributed by atoms with Gasteiger partial charge < -0.3 is 10.6 Å². The summed E-state index contributed by atoms with van der Waals surface area (Å²) < 4.78 is 0. The summed E-state index contributed by atoms with van der Waals surface area (Å²) >= 11 is 1.72. The molecule has 18 heavy (non-hydrogen) atoms. The molecule has 1 amide bonds. The molecule has 0 aliphatic rings. The Hall–Kier alpha value is -1.00. The molecule has 0 aliphatic carbocycles. The summed E-state index contributed by atoms with van der Waals surface area (Å²) in [5.74, 6) is 0.0108. The highest BCUT2D eigenvalue weighted by Crippen LogP contribution is 2.26. The highest BCUT2D eigenvalue weighted by Gasteiger charge is 2.11. The van der Waals surface area contributed by atoms with Crippen LogP contribution in [-0.2, 0) is 0 Å². The van der Waals surface area contributed by atoms with Crippen molar-refractivity contribution in [2.45, 2.75) is 30.9 Å². The van der Waals surface area contributed by atoms with Gasteiger partial charge in [0.2, 0.25) is 0 Å². The first-order chi connectivity index (χ1) is 8.65. The Labute approximate surface area is 114 Å². The van der Waals surface area contributed by atoms with Crippen molar-refractivity contribution in [1.29, 1.82) is 0 Å². The van der Waals surface area contributed by atoms with E-state index in [0.717, 1.165) is 23.5 Å². The highest BCUT2D eigenvalue weighted by molar-refractivity contribution is 8.00. The topological polar surface area (TPSA) is 41.1 Å². The molecule has 0 saturated carbocycles. The Balaban J connectivity index is 2.61. The number of likely N-dealkylation sites (N-methyl/N-ethyl adjacent to an activating group) is 1. The Morgan fingerprint density at radius 3 is 2.67 bits per heavy atom. The zero-order valence-electron chi connectivity index (χ0n) is 11.3. The van der Waals surface area contributed by atoms with Crippen LogP contribution in [0.25, 0.3) is 0 Å². The van der Waals surface area contributed by atoms with Crippen molar-refractivity contribution in [2.24, 2.45) is 0 Å². The van der Waals surface area contributed by atoms with Gasteiger partial charge in [-0.15, -0.1) is 11.8 Å². The molecule has 4 heteroatoms. The van der Waals surface area contributed by atoms with Gasteiger partial charge in [0.25, 0.3) is 5.91 Å². The molecular weight excluding hydrogens is 244 g/mol. The number of amides is 1. The van der Waals surface area contributed by atoms with Gasteiger partial charge in [0.15, 0.2) is 0 Å². The quantitative estimate of drug-likeness (QED) is 0.588. The van der Waals surface area contributed by atoms with Crippen LogP contribution in [0.5, 0.6) is 0 Å². The molecule has 0 heterocycles. The summed E-state index contributed by atoms with van der Waals surface area (Å²) in [6.45, 7) is 8.70. The predicted octanol–water partition coefficient (Wildman–Crippen LogP) is 2.53. The number of nitrogens with one attached hydrogen (secondary N) is 2. The maximum absolute atomic E-state index is 12.1. The Bertz CT molecular complexity index is 380. The smallest absolute Gasteiger partial charge is 0.252 e. The summed E-state index contributed by atoms with van der Waals surface area (Å²) in [4.78, 5) is 13.1. The van der Waals surface area contributed by atoms with Gasteiger partial charge in [-0.25, -0.2) is 0 Å². The standard InChI is InChI=1S/C14H22N2OS/c1-4-15-9-10-16-14(17)12-7-5-6-8-13(12)18-11(2)3/h5-8,11,15H,4,9-10H2,1-3H3,(H,16,17). The van der Waals surface area contributed by atoms with E-state index in [1.807, 2.05) is 24.3 Å². The van der Waals surface area contributed by atoms with Gasteiger partial charge in [-0.3, -0.25) is 4.79 Å². The highest BCUT2D eigenvalue weighted by atomic mass is 32.2. The fraction of sp³-hybridized carbons (Fsp3) is 0.500. The SMILES string of the molecule is CCNCCNC(=O)c1ccccc1SC(C)C. The average molecular weight is 266 g/mol. The van der Waals surface area contributed by atoms with Crippen LogP contribution >= 0.6 is 11.8 Å². The molecule has 1 aromatic carbocycles. The van der Waals surface area contributed by atoms with Crippen molar-refractivity contribution in [3.05, 3.63) is 29.8 Å². The molecule has 0 spiro atoms. The van der Waals surface area contributed by atoms with Gasteiger partial charge >= 0.3 is 0 Å². The monoisotopic (exact) mass is 266 g/mol. The molecule has 1 rings (SSSR count). The molecule has 0 atom stereocenters. The number of carbonyl (C=O) groups excluding carboxylic acids is 1. The van der Waals surface area contributed by atoms with Crippen molar-refractivity contribution < 1.29 is 4.79 Å². The van der Waals surface area contributed by atoms with E-state index in [-0.39, 0.29) is 5.91 Å². The van der Waals surface area contributed by atoms with Crippen LogP contribution in [0.2, 0.25) is 0 Å². The molecule has 0 aliphatic heterocycles. The molecule has 2 N–H and O–H groups in total. The van der Waals surface area contributed by atoms with Crippen LogP contribution in [0.3, 0.4) is 0 Å².